The second-order valence-corrected chi connectivity index (χ2v) is 4.47. The minimum atomic E-state index is -0.983. The minimum Gasteiger partial charge on any atom is -0.508 e. The van der Waals surface area contributed by atoms with Gasteiger partial charge >= 0.3 is 6.03 Å². The molecule has 0 radical (unpaired) electrons. The summed E-state index contributed by atoms with van der Waals surface area (Å²) in [6, 6.07) is 4.62. The van der Waals surface area contributed by atoms with Crippen LogP contribution < -0.4 is 10.6 Å². The molecule has 1 fully saturated rings. The number of benzene rings is 1. The average Bonchev–Trinajstić information content (AvgIpc) is 2.56. The lowest BCUT2D eigenvalue weighted by atomic mass is 9.76. The predicted molar refractivity (Wildman–Crippen MR) is 59.4 cm³/mol. The maximum atomic E-state index is 12.0. The molecule has 1 aromatic rings. The summed E-state index contributed by atoms with van der Waals surface area (Å²) in [5, 5.41) is 14.8. The molecule has 1 heterocycles. The van der Waals surface area contributed by atoms with Crippen molar-refractivity contribution in [3.05, 3.63) is 29.3 Å². The largest absolute Gasteiger partial charge is 0.508 e. The number of phenols is 1. The summed E-state index contributed by atoms with van der Waals surface area (Å²) in [5.74, 6) is -0.135. The first-order valence-electron chi connectivity index (χ1n) is 5.58. The minimum absolute atomic E-state index is 0.190. The number of urea groups is 1. The molecule has 1 spiro atoms. The van der Waals surface area contributed by atoms with E-state index < -0.39 is 11.6 Å². The van der Waals surface area contributed by atoms with Gasteiger partial charge in [-0.3, -0.25) is 10.1 Å². The normalized spacial score (nSPS) is 26.6. The van der Waals surface area contributed by atoms with Crippen LogP contribution >= 0.6 is 0 Å². The van der Waals surface area contributed by atoms with E-state index in [9.17, 15) is 14.7 Å². The quantitative estimate of drug-likeness (QED) is 0.578. The van der Waals surface area contributed by atoms with Crippen molar-refractivity contribution in [1.29, 1.82) is 0 Å². The van der Waals surface area contributed by atoms with Gasteiger partial charge < -0.3 is 10.4 Å². The van der Waals surface area contributed by atoms with E-state index in [1.165, 1.54) is 0 Å². The summed E-state index contributed by atoms with van der Waals surface area (Å²) in [5.41, 5.74) is 0.492. The van der Waals surface area contributed by atoms with Crippen LogP contribution in [0.1, 0.15) is 24.0 Å². The topological polar surface area (TPSA) is 78.4 Å². The highest BCUT2D eigenvalue weighted by molar-refractivity contribution is 6.07. The Morgan fingerprint density at radius 3 is 2.82 bits per heavy atom. The third-order valence-electron chi connectivity index (χ3n) is 3.53. The van der Waals surface area contributed by atoms with Gasteiger partial charge in [0.1, 0.15) is 11.3 Å². The van der Waals surface area contributed by atoms with E-state index in [4.69, 9.17) is 0 Å². The molecular weight excluding hydrogens is 220 g/mol. The van der Waals surface area contributed by atoms with Crippen LogP contribution in [0.2, 0.25) is 0 Å². The lowest BCUT2D eigenvalue weighted by Crippen LogP contribution is -2.46. The molecule has 0 saturated carbocycles. The summed E-state index contributed by atoms with van der Waals surface area (Å²) >= 11 is 0. The summed E-state index contributed by atoms with van der Waals surface area (Å²) in [4.78, 5) is 23.3. The van der Waals surface area contributed by atoms with E-state index in [-0.39, 0.29) is 11.7 Å². The van der Waals surface area contributed by atoms with Gasteiger partial charge in [0, 0.05) is 0 Å². The number of phenolic OH excluding ortho intramolecular Hbond substituents is 1. The van der Waals surface area contributed by atoms with Crippen LogP contribution in [0.5, 0.6) is 5.75 Å². The van der Waals surface area contributed by atoms with Crippen LogP contribution in [0.25, 0.3) is 0 Å². The average molecular weight is 232 g/mol. The first kappa shape index (κ1) is 10.1. The van der Waals surface area contributed by atoms with Crippen LogP contribution in [-0.4, -0.2) is 17.0 Å². The molecule has 17 heavy (non-hydrogen) atoms. The first-order valence-corrected chi connectivity index (χ1v) is 5.58. The van der Waals surface area contributed by atoms with E-state index in [2.05, 4.69) is 10.6 Å². The van der Waals surface area contributed by atoms with Crippen molar-refractivity contribution < 1.29 is 14.7 Å². The van der Waals surface area contributed by atoms with Gasteiger partial charge in [0.25, 0.3) is 5.91 Å². The standard InChI is InChI=1S/C12H12N2O3/c15-9-5-1-4-8-7(9)3-2-6-12(8)10(16)13-11(17)14-12/h1,4-5,15H,2-3,6H2,(H2,13,14,16,17). The summed E-state index contributed by atoms with van der Waals surface area (Å²) in [6.45, 7) is 0. The molecule has 1 atom stereocenters. The summed E-state index contributed by atoms with van der Waals surface area (Å²) in [7, 11) is 0. The molecule has 1 saturated heterocycles. The zero-order valence-corrected chi connectivity index (χ0v) is 9.12. The fourth-order valence-electron chi connectivity index (χ4n) is 2.76. The predicted octanol–water partition coefficient (Wildman–Crippen LogP) is 0.763. The number of imide groups is 1. The molecule has 1 aromatic carbocycles. The molecule has 5 heteroatoms. The lowest BCUT2D eigenvalue weighted by molar-refractivity contribution is -0.124. The molecule has 1 aliphatic carbocycles. The fraction of sp³-hybridized carbons (Fsp3) is 0.333. The second-order valence-electron chi connectivity index (χ2n) is 4.47. The van der Waals surface area contributed by atoms with Crippen molar-refractivity contribution in [2.24, 2.45) is 0 Å². The fourth-order valence-corrected chi connectivity index (χ4v) is 2.76. The molecule has 3 amide bonds. The Morgan fingerprint density at radius 2 is 2.12 bits per heavy atom. The molecule has 1 aliphatic heterocycles. The number of nitrogens with one attached hydrogen (secondary N) is 2. The van der Waals surface area contributed by atoms with Crippen molar-refractivity contribution in [3.63, 3.8) is 0 Å². The number of carbonyl (C=O) groups excluding carboxylic acids is 2. The second kappa shape index (κ2) is 3.23. The van der Waals surface area contributed by atoms with E-state index in [0.717, 1.165) is 18.4 Å². The number of hydrogen-bond acceptors (Lipinski definition) is 3. The lowest BCUT2D eigenvalue weighted by Gasteiger charge is -2.33. The SMILES string of the molecule is O=C1NC(=O)C2(CCCc3c(O)cccc32)N1. The van der Waals surface area contributed by atoms with Crippen molar-refractivity contribution in [2.75, 3.05) is 0 Å². The maximum absolute atomic E-state index is 12.0. The Hall–Kier alpha value is -2.04. The third-order valence-corrected chi connectivity index (χ3v) is 3.53. The monoisotopic (exact) mass is 232 g/mol. The van der Waals surface area contributed by atoms with Gasteiger partial charge in [0.15, 0.2) is 0 Å². The Kier molecular flexibility index (Phi) is 1.92. The third kappa shape index (κ3) is 1.25. The molecule has 3 N–H and O–H groups in total. The number of fused-ring (bicyclic) bond motifs is 2. The summed E-state index contributed by atoms with van der Waals surface area (Å²) < 4.78 is 0. The van der Waals surface area contributed by atoms with E-state index >= 15 is 0 Å². The zero-order chi connectivity index (χ0) is 12.0. The van der Waals surface area contributed by atoms with Gasteiger partial charge in [-0.1, -0.05) is 12.1 Å². The van der Waals surface area contributed by atoms with Crippen molar-refractivity contribution in [1.82, 2.24) is 10.6 Å². The van der Waals surface area contributed by atoms with E-state index in [0.29, 0.717) is 12.0 Å². The number of hydrogen-bond donors (Lipinski definition) is 3. The van der Waals surface area contributed by atoms with E-state index in [1.54, 1.807) is 18.2 Å². The smallest absolute Gasteiger partial charge is 0.322 e. The van der Waals surface area contributed by atoms with Gasteiger partial charge in [0.05, 0.1) is 0 Å². The molecule has 0 aromatic heterocycles. The Bertz CT molecular complexity index is 526. The van der Waals surface area contributed by atoms with Crippen molar-refractivity contribution in [2.45, 2.75) is 24.8 Å². The van der Waals surface area contributed by atoms with Crippen LogP contribution in [-0.2, 0) is 16.8 Å². The van der Waals surface area contributed by atoms with Crippen LogP contribution in [0.4, 0.5) is 4.79 Å². The van der Waals surface area contributed by atoms with Gasteiger partial charge in [-0.2, -0.15) is 0 Å². The molecule has 0 bridgehead atoms. The van der Waals surface area contributed by atoms with Gasteiger partial charge in [-0.05, 0) is 36.5 Å². The number of rotatable bonds is 0. The number of amides is 3. The highest BCUT2D eigenvalue weighted by Gasteiger charge is 2.50. The molecule has 5 nitrogen and oxygen atoms in total. The molecular formula is C12H12N2O3. The molecule has 1 unspecified atom stereocenters. The Labute approximate surface area is 97.8 Å². The number of aromatic hydroxyl groups is 1. The van der Waals surface area contributed by atoms with Crippen molar-refractivity contribution >= 4 is 11.9 Å². The van der Waals surface area contributed by atoms with Crippen LogP contribution in [0.15, 0.2) is 18.2 Å². The van der Waals surface area contributed by atoms with Gasteiger partial charge in [0.2, 0.25) is 0 Å². The van der Waals surface area contributed by atoms with Gasteiger partial charge in [-0.25, -0.2) is 4.79 Å². The first-order chi connectivity index (χ1) is 8.13. The highest BCUT2D eigenvalue weighted by atomic mass is 16.3. The molecule has 2 aliphatic rings. The van der Waals surface area contributed by atoms with E-state index in [1.807, 2.05) is 0 Å². The Morgan fingerprint density at radius 1 is 1.29 bits per heavy atom. The molecule has 3 rings (SSSR count). The van der Waals surface area contributed by atoms with Gasteiger partial charge in [-0.15, -0.1) is 0 Å². The zero-order valence-electron chi connectivity index (χ0n) is 9.12. The summed E-state index contributed by atoms with van der Waals surface area (Å²) in [6.07, 6.45) is 2.06. The maximum Gasteiger partial charge on any atom is 0.322 e. The Balaban J connectivity index is 2.20. The van der Waals surface area contributed by atoms with Crippen molar-refractivity contribution in [3.8, 4) is 5.75 Å². The van der Waals surface area contributed by atoms with Crippen LogP contribution in [0, 0.1) is 0 Å². The highest BCUT2D eigenvalue weighted by Crippen LogP contribution is 2.40. The number of carbonyl (C=O) groups is 2. The van der Waals surface area contributed by atoms with Crippen LogP contribution in [0.3, 0.4) is 0 Å². The molecule has 88 valence electrons.